The molecule has 1 amide bonds. The monoisotopic (exact) mass is 605 g/mol. The van der Waals surface area contributed by atoms with Crippen LogP contribution in [0.3, 0.4) is 0 Å². The Morgan fingerprint density at radius 3 is 1.67 bits per heavy atom. The highest BCUT2D eigenvalue weighted by molar-refractivity contribution is 6.04. The number of nitrogens with one attached hydrogen (secondary N) is 1. The maximum atomic E-state index is 13.3. The Morgan fingerprint density at radius 1 is 0.609 bits per heavy atom. The van der Waals surface area contributed by atoms with E-state index < -0.39 is 11.4 Å². The van der Waals surface area contributed by atoms with Crippen LogP contribution in [0.25, 0.3) is 0 Å². The van der Waals surface area contributed by atoms with E-state index in [1.807, 2.05) is 30.3 Å². The zero-order valence-electron chi connectivity index (χ0n) is 24.8. The maximum absolute atomic E-state index is 13.3. The first-order valence-corrected chi connectivity index (χ1v) is 14.8. The Kier molecular flexibility index (Phi) is 8.61. The summed E-state index contributed by atoms with van der Waals surface area (Å²) in [6.07, 6.45) is 0. The van der Waals surface area contributed by atoms with E-state index in [0.29, 0.717) is 22.6 Å². The molecule has 6 nitrogen and oxygen atoms in total. The Labute approximate surface area is 267 Å². The van der Waals surface area contributed by atoms with Gasteiger partial charge in [0.15, 0.2) is 0 Å². The third-order valence-corrected chi connectivity index (χ3v) is 7.99. The summed E-state index contributed by atoms with van der Waals surface area (Å²) < 4.78 is 5.83. The zero-order chi connectivity index (χ0) is 31.9. The summed E-state index contributed by atoms with van der Waals surface area (Å²) >= 11 is 0. The molecular formula is C40H31NO5. The highest BCUT2D eigenvalue weighted by atomic mass is 16.5. The van der Waals surface area contributed by atoms with Gasteiger partial charge in [-0.2, -0.15) is 0 Å². The Morgan fingerprint density at radius 2 is 1.15 bits per heavy atom. The fourth-order valence-corrected chi connectivity index (χ4v) is 5.81. The third kappa shape index (κ3) is 6.10. The molecule has 6 rings (SSSR count). The van der Waals surface area contributed by atoms with Crippen LogP contribution >= 0.6 is 0 Å². The summed E-state index contributed by atoms with van der Waals surface area (Å²) in [5, 5.41) is 22.1. The Hall–Kier alpha value is -6.14. The molecular weight excluding hydrogens is 574 g/mol. The number of carbonyl (C=O) groups is 2. The van der Waals surface area contributed by atoms with Gasteiger partial charge in [0.25, 0.3) is 5.91 Å². The van der Waals surface area contributed by atoms with Crippen molar-refractivity contribution in [3.8, 4) is 11.5 Å². The number of carbonyl (C=O) groups excluding carboxylic acids is 1. The van der Waals surface area contributed by atoms with Gasteiger partial charge in [-0.25, -0.2) is 4.79 Å². The van der Waals surface area contributed by atoms with E-state index >= 15 is 0 Å². The number of aromatic hydroxyl groups is 1. The van der Waals surface area contributed by atoms with E-state index in [2.05, 4.69) is 90.2 Å². The van der Waals surface area contributed by atoms with Crippen molar-refractivity contribution in [3.05, 3.63) is 197 Å². The topological polar surface area (TPSA) is 95.9 Å². The molecule has 6 aromatic carbocycles. The number of anilines is 1. The van der Waals surface area contributed by atoms with Crippen molar-refractivity contribution in [3.63, 3.8) is 0 Å². The number of aromatic carboxylic acids is 1. The minimum atomic E-state index is -1.21. The van der Waals surface area contributed by atoms with Gasteiger partial charge in [0, 0.05) is 11.3 Å². The molecule has 6 heteroatoms. The van der Waals surface area contributed by atoms with Crippen molar-refractivity contribution >= 4 is 17.6 Å². The molecule has 0 aromatic heterocycles. The van der Waals surface area contributed by atoms with Crippen LogP contribution in [0.2, 0.25) is 0 Å². The quantitative estimate of drug-likeness (QED) is 0.137. The van der Waals surface area contributed by atoms with E-state index in [1.54, 1.807) is 30.3 Å². The van der Waals surface area contributed by atoms with Gasteiger partial charge < -0.3 is 20.3 Å². The van der Waals surface area contributed by atoms with E-state index in [1.165, 1.54) is 12.1 Å². The van der Waals surface area contributed by atoms with Crippen molar-refractivity contribution in [2.45, 2.75) is 12.0 Å². The summed E-state index contributed by atoms with van der Waals surface area (Å²) in [5.41, 5.74) is 5.36. The number of hydrogen-bond donors (Lipinski definition) is 3. The molecule has 0 aliphatic heterocycles. The van der Waals surface area contributed by atoms with Crippen molar-refractivity contribution in [2.24, 2.45) is 0 Å². The number of carboxylic acids is 1. The summed E-state index contributed by atoms with van der Waals surface area (Å²) in [7, 11) is 0. The lowest BCUT2D eigenvalue weighted by molar-refractivity contribution is 0.0693. The molecule has 0 aliphatic carbocycles. The molecule has 0 heterocycles. The normalized spacial score (nSPS) is 11.0. The number of ether oxygens (including phenoxy) is 1. The van der Waals surface area contributed by atoms with E-state index in [4.69, 9.17) is 9.84 Å². The summed E-state index contributed by atoms with van der Waals surface area (Å²) in [6.45, 7) is 0.0893. The standard InChI is InChI=1S/C40H31NO5/c42-37-25-28(19-24-36(37)39(44)45)27-46-35-18-10-11-29(26-35)38(43)41-34-22-20-33(21-23-34)40(30-12-4-1-5-13-30,31-14-6-2-7-15-31)32-16-8-3-9-17-32/h1-26,42H,27H2,(H,41,43)(H,44,45). The van der Waals surface area contributed by atoms with Crippen LogP contribution in [0.4, 0.5) is 5.69 Å². The lowest BCUT2D eigenvalue weighted by Crippen LogP contribution is -2.31. The largest absolute Gasteiger partial charge is 0.507 e. The van der Waals surface area contributed by atoms with Gasteiger partial charge in [-0.15, -0.1) is 0 Å². The summed E-state index contributed by atoms with van der Waals surface area (Å²) in [5.74, 6) is -1.37. The summed E-state index contributed by atoms with van der Waals surface area (Å²) in [6, 6.07) is 50.3. The van der Waals surface area contributed by atoms with E-state index in [-0.39, 0.29) is 23.8 Å². The van der Waals surface area contributed by atoms with Crippen molar-refractivity contribution in [2.75, 3.05) is 5.32 Å². The molecule has 0 radical (unpaired) electrons. The Bertz CT molecular complexity index is 1860. The first-order chi connectivity index (χ1) is 22.4. The highest BCUT2D eigenvalue weighted by Crippen LogP contribution is 2.45. The maximum Gasteiger partial charge on any atom is 0.339 e. The van der Waals surface area contributed by atoms with Gasteiger partial charge in [0.2, 0.25) is 0 Å². The van der Waals surface area contributed by atoms with Crippen LogP contribution in [-0.2, 0) is 12.0 Å². The van der Waals surface area contributed by atoms with E-state index in [0.717, 1.165) is 22.3 Å². The summed E-state index contributed by atoms with van der Waals surface area (Å²) in [4.78, 5) is 24.4. The molecule has 0 aliphatic rings. The van der Waals surface area contributed by atoms with Gasteiger partial charge in [-0.3, -0.25) is 4.79 Å². The second-order valence-electron chi connectivity index (χ2n) is 10.9. The molecule has 0 saturated heterocycles. The lowest BCUT2D eigenvalue weighted by atomic mass is 9.65. The van der Waals surface area contributed by atoms with Crippen LogP contribution in [0.15, 0.2) is 158 Å². The van der Waals surface area contributed by atoms with Gasteiger partial charge >= 0.3 is 5.97 Å². The van der Waals surface area contributed by atoms with Crippen LogP contribution in [0.1, 0.15) is 48.5 Å². The molecule has 226 valence electrons. The Balaban J connectivity index is 1.25. The SMILES string of the molecule is O=C(Nc1ccc(C(c2ccccc2)(c2ccccc2)c2ccccc2)cc1)c1cccc(OCc2ccc(C(=O)O)c(O)c2)c1. The lowest BCUT2D eigenvalue weighted by Gasteiger charge is -2.37. The highest BCUT2D eigenvalue weighted by Gasteiger charge is 2.38. The fourth-order valence-electron chi connectivity index (χ4n) is 5.81. The zero-order valence-corrected chi connectivity index (χ0v) is 24.8. The minimum Gasteiger partial charge on any atom is -0.507 e. The van der Waals surface area contributed by atoms with Gasteiger partial charge in [-0.05, 0) is 70.3 Å². The molecule has 0 unspecified atom stereocenters. The molecule has 0 spiro atoms. The van der Waals surface area contributed by atoms with Gasteiger partial charge in [-0.1, -0.05) is 115 Å². The number of carboxylic acid groups (broad SMARTS) is 1. The van der Waals surface area contributed by atoms with Crippen molar-refractivity contribution < 1.29 is 24.5 Å². The molecule has 46 heavy (non-hydrogen) atoms. The molecule has 0 atom stereocenters. The first kappa shape index (κ1) is 29.9. The molecule has 6 aromatic rings. The van der Waals surface area contributed by atoms with Crippen molar-refractivity contribution in [1.29, 1.82) is 0 Å². The second-order valence-corrected chi connectivity index (χ2v) is 10.9. The van der Waals surface area contributed by atoms with Gasteiger partial charge in [0.05, 0.1) is 5.41 Å². The first-order valence-electron chi connectivity index (χ1n) is 14.8. The predicted octanol–water partition coefficient (Wildman–Crippen LogP) is 8.30. The van der Waals surface area contributed by atoms with Crippen LogP contribution < -0.4 is 10.1 Å². The average Bonchev–Trinajstić information content (AvgIpc) is 3.10. The fraction of sp³-hybridized carbons (Fsp3) is 0.0500. The van der Waals surface area contributed by atoms with Gasteiger partial charge in [0.1, 0.15) is 23.7 Å². The smallest absolute Gasteiger partial charge is 0.339 e. The average molecular weight is 606 g/mol. The van der Waals surface area contributed by atoms with Crippen molar-refractivity contribution in [1.82, 2.24) is 0 Å². The second kappa shape index (κ2) is 13.2. The number of benzene rings is 6. The predicted molar refractivity (Wildman–Crippen MR) is 179 cm³/mol. The number of rotatable bonds is 10. The number of phenols is 1. The molecule has 0 fully saturated rings. The third-order valence-electron chi connectivity index (χ3n) is 7.99. The molecule has 0 saturated carbocycles. The number of hydrogen-bond acceptors (Lipinski definition) is 4. The van der Waals surface area contributed by atoms with E-state index in [9.17, 15) is 14.7 Å². The minimum absolute atomic E-state index is 0.0893. The van der Waals surface area contributed by atoms with Crippen LogP contribution in [-0.4, -0.2) is 22.1 Å². The molecule has 0 bridgehead atoms. The van der Waals surface area contributed by atoms with Crippen LogP contribution in [0, 0.1) is 0 Å². The molecule has 3 N–H and O–H groups in total. The number of amides is 1. The van der Waals surface area contributed by atoms with Crippen LogP contribution in [0.5, 0.6) is 11.5 Å².